The van der Waals surface area contributed by atoms with Gasteiger partial charge in [0.15, 0.2) is 0 Å². The third kappa shape index (κ3) is 4.80. The molecule has 4 heteroatoms. The van der Waals surface area contributed by atoms with Gasteiger partial charge in [0, 0.05) is 38.0 Å². The van der Waals surface area contributed by atoms with E-state index in [1.54, 1.807) is 7.11 Å². The van der Waals surface area contributed by atoms with E-state index in [-0.39, 0.29) is 0 Å². The Hall–Kier alpha value is -1.13. The van der Waals surface area contributed by atoms with Crippen molar-refractivity contribution in [2.75, 3.05) is 25.2 Å². The van der Waals surface area contributed by atoms with Crippen LogP contribution in [0.25, 0.3) is 0 Å². The van der Waals surface area contributed by atoms with Crippen LogP contribution in [0, 0.1) is 0 Å². The topological polar surface area (TPSA) is 37.4 Å². The van der Waals surface area contributed by atoms with Crippen LogP contribution in [0.3, 0.4) is 0 Å². The number of methoxy groups -OCH3 is 1. The van der Waals surface area contributed by atoms with Crippen LogP contribution in [0.15, 0.2) is 18.3 Å². The summed E-state index contributed by atoms with van der Waals surface area (Å²) in [6, 6.07) is 4.93. The first kappa shape index (κ1) is 15.9. The van der Waals surface area contributed by atoms with E-state index in [2.05, 4.69) is 49.0 Å². The molecule has 1 aromatic heterocycles. The Labute approximate surface area is 117 Å². The lowest BCUT2D eigenvalue weighted by atomic mass is 10.2. The quantitative estimate of drug-likeness (QED) is 0.783. The number of rotatable bonds is 8. The van der Waals surface area contributed by atoms with Crippen LogP contribution in [0.4, 0.5) is 5.82 Å². The molecule has 1 unspecified atom stereocenters. The number of aromatic nitrogens is 1. The van der Waals surface area contributed by atoms with Crippen molar-refractivity contribution < 1.29 is 4.74 Å². The van der Waals surface area contributed by atoms with E-state index >= 15 is 0 Å². The fourth-order valence-electron chi connectivity index (χ4n) is 2.14. The molecule has 0 aromatic carbocycles. The van der Waals surface area contributed by atoms with Gasteiger partial charge in [-0.3, -0.25) is 0 Å². The first-order valence-corrected chi connectivity index (χ1v) is 7.03. The number of hydrogen-bond acceptors (Lipinski definition) is 4. The third-order valence-electron chi connectivity index (χ3n) is 3.12. The summed E-state index contributed by atoms with van der Waals surface area (Å²) in [5.74, 6) is 1.06. The highest BCUT2D eigenvalue weighted by Gasteiger charge is 2.17. The molecule has 1 aromatic rings. The van der Waals surface area contributed by atoms with Crippen molar-refractivity contribution in [1.82, 2.24) is 10.3 Å². The van der Waals surface area contributed by atoms with Gasteiger partial charge in [0.25, 0.3) is 0 Å². The lowest BCUT2D eigenvalue weighted by Crippen LogP contribution is -2.38. The molecule has 0 radical (unpaired) electrons. The van der Waals surface area contributed by atoms with Gasteiger partial charge in [-0.15, -0.1) is 0 Å². The highest BCUT2D eigenvalue weighted by atomic mass is 16.5. The fraction of sp³-hybridized carbons (Fsp3) is 0.667. The van der Waals surface area contributed by atoms with Crippen LogP contribution < -0.4 is 10.2 Å². The molecule has 0 saturated heterocycles. The maximum Gasteiger partial charge on any atom is 0.133 e. The lowest BCUT2D eigenvalue weighted by Gasteiger charge is -2.30. The predicted octanol–water partition coefficient (Wildman–Crippen LogP) is 2.44. The summed E-state index contributed by atoms with van der Waals surface area (Å²) in [7, 11) is 1.74. The molecule has 19 heavy (non-hydrogen) atoms. The molecule has 0 aliphatic heterocycles. The van der Waals surface area contributed by atoms with Crippen molar-refractivity contribution in [2.24, 2.45) is 0 Å². The summed E-state index contributed by atoms with van der Waals surface area (Å²) < 4.78 is 5.26. The van der Waals surface area contributed by atoms with E-state index in [9.17, 15) is 0 Å². The van der Waals surface area contributed by atoms with Crippen LogP contribution in [-0.4, -0.2) is 37.3 Å². The number of hydrogen-bond donors (Lipinski definition) is 1. The monoisotopic (exact) mass is 265 g/mol. The maximum atomic E-state index is 5.26. The third-order valence-corrected chi connectivity index (χ3v) is 3.12. The summed E-state index contributed by atoms with van der Waals surface area (Å²) >= 11 is 0. The van der Waals surface area contributed by atoms with Crippen LogP contribution in [0.1, 0.15) is 33.3 Å². The Balaban J connectivity index is 2.89. The first-order chi connectivity index (χ1) is 9.10. The number of nitrogens with zero attached hydrogens (tertiary/aromatic N) is 2. The summed E-state index contributed by atoms with van der Waals surface area (Å²) in [6.45, 7) is 11.1. The van der Waals surface area contributed by atoms with Gasteiger partial charge in [0.1, 0.15) is 5.82 Å². The molecule has 1 heterocycles. The largest absolute Gasteiger partial charge is 0.383 e. The van der Waals surface area contributed by atoms with Crippen molar-refractivity contribution in [3.63, 3.8) is 0 Å². The second-order valence-corrected chi connectivity index (χ2v) is 5.11. The smallest absolute Gasteiger partial charge is 0.133 e. The molecule has 1 atom stereocenters. The predicted molar refractivity (Wildman–Crippen MR) is 80.6 cm³/mol. The molecule has 0 saturated carbocycles. The lowest BCUT2D eigenvalue weighted by molar-refractivity contribution is 0.181. The standard InChI is InChI=1S/C15H27N3O/c1-6-18(13(4)11-19-5)15-14(8-7-9-16-15)10-17-12(2)3/h7-9,12-13,17H,6,10-11H2,1-5H3. The van der Waals surface area contributed by atoms with E-state index < -0.39 is 0 Å². The number of anilines is 1. The summed E-state index contributed by atoms with van der Waals surface area (Å²) in [5, 5.41) is 3.45. The van der Waals surface area contributed by atoms with Gasteiger partial charge >= 0.3 is 0 Å². The Morgan fingerprint density at radius 1 is 1.37 bits per heavy atom. The Bertz CT molecular complexity index is 368. The highest BCUT2D eigenvalue weighted by molar-refractivity contribution is 5.47. The SMILES string of the molecule is CCN(c1ncccc1CNC(C)C)C(C)COC. The molecule has 0 aliphatic rings. The van der Waals surface area contributed by atoms with Crippen LogP contribution >= 0.6 is 0 Å². The van der Waals surface area contributed by atoms with Crippen LogP contribution in [0.2, 0.25) is 0 Å². The zero-order chi connectivity index (χ0) is 14.3. The molecule has 0 fully saturated rings. The molecule has 0 bridgehead atoms. The summed E-state index contributed by atoms with van der Waals surface area (Å²) in [5.41, 5.74) is 1.24. The number of nitrogens with one attached hydrogen (secondary N) is 1. The minimum Gasteiger partial charge on any atom is -0.383 e. The van der Waals surface area contributed by atoms with Gasteiger partial charge in [0.05, 0.1) is 12.6 Å². The van der Waals surface area contributed by atoms with Crippen molar-refractivity contribution in [3.05, 3.63) is 23.9 Å². The minimum absolute atomic E-state index is 0.322. The molecule has 1 N–H and O–H groups in total. The normalized spacial score (nSPS) is 12.7. The average molecular weight is 265 g/mol. The second kappa shape index (κ2) is 8.12. The van der Waals surface area contributed by atoms with Gasteiger partial charge in [0.2, 0.25) is 0 Å². The van der Waals surface area contributed by atoms with Gasteiger partial charge in [-0.25, -0.2) is 4.98 Å². The Morgan fingerprint density at radius 2 is 2.11 bits per heavy atom. The van der Waals surface area contributed by atoms with Crippen molar-refractivity contribution in [3.8, 4) is 0 Å². The number of likely N-dealkylation sites (N-methyl/N-ethyl adjacent to an activating group) is 1. The Morgan fingerprint density at radius 3 is 2.68 bits per heavy atom. The average Bonchev–Trinajstić information content (AvgIpc) is 2.38. The Kier molecular flexibility index (Phi) is 6.81. The van der Waals surface area contributed by atoms with Crippen molar-refractivity contribution in [2.45, 2.75) is 46.3 Å². The fourth-order valence-corrected chi connectivity index (χ4v) is 2.14. The van der Waals surface area contributed by atoms with Crippen LogP contribution in [0.5, 0.6) is 0 Å². The van der Waals surface area contributed by atoms with Gasteiger partial charge in [-0.1, -0.05) is 19.9 Å². The molecule has 108 valence electrons. The van der Waals surface area contributed by atoms with Crippen molar-refractivity contribution >= 4 is 5.82 Å². The first-order valence-electron chi connectivity index (χ1n) is 7.03. The molecule has 1 rings (SSSR count). The zero-order valence-corrected chi connectivity index (χ0v) is 12.8. The van der Waals surface area contributed by atoms with E-state index in [1.807, 2.05) is 12.3 Å². The zero-order valence-electron chi connectivity index (χ0n) is 12.8. The second-order valence-electron chi connectivity index (χ2n) is 5.11. The van der Waals surface area contributed by atoms with Gasteiger partial charge < -0.3 is 15.0 Å². The van der Waals surface area contributed by atoms with Gasteiger partial charge in [-0.05, 0) is 19.9 Å². The van der Waals surface area contributed by atoms with Gasteiger partial charge in [-0.2, -0.15) is 0 Å². The number of ether oxygens (including phenoxy) is 1. The molecular formula is C15H27N3O. The summed E-state index contributed by atoms with van der Waals surface area (Å²) in [4.78, 5) is 6.85. The molecule has 0 spiro atoms. The van der Waals surface area contributed by atoms with E-state index in [0.717, 1.165) is 18.9 Å². The maximum absolute atomic E-state index is 5.26. The molecular weight excluding hydrogens is 238 g/mol. The van der Waals surface area contributed by atoms with E-state index in [1.165, 1.54) is 5.56 Å². The summed E-state index contributed by atoms with van der Waals surface area (Å²) in [6.07, 6.45) is 1.86. The van der Waals surface area contributed by atoms with E-state index in [4.69, 9.17) is 4.74 Å². The van der Waals surface area contributed by atoms with Crippen LogP contribution in [-0.2, 0) is 11.3 Å². The number of pyridine rings is 1. The van der Waals surface area contributed by atoms with E-state index in [0.29, 0.717) is 18.7 Å². The minimum atomic E-state index is 0.322. The highest BCUT2D eigenvalue weighted by Crippen LogP contribution is 2.19. The molecule has 0 aliphatic carbocycles. The molecule has 0 amide bonds. The molecule has 4 nitrogen and oxygen atoms in total. The van der Waals surface area contributed by atoms with Crippen molar-refractivity contribution in [1.29, 1.82) is 0 Å².